The predicted molar refractivity (Wildman–Crippen MR) is 205 cm³/mol. The fourth-order valence-corrected chi connectivity index (χ4v) is 5.38. The third kappa shape index (κ3) is 36.7. The molecule has 0 aromatic rings. The van der Waals surface area contributed by atoms with Gasteiger partial charge in [0.25, 0.3) is 0 Å². The molecule has 1 unspecified atom stereocenters. The average molecular weight is 673 g/mol. The van der Waals surface area contributed by atoms with E-state index in [1.165, 1.54) is 77.0 Å². The first kappa shape index (κ1) is 45.9. The summed E-state index contributed by atoms with van der Waals surface area (Å²) in [5.74, 6) is -0.424. The van der Waals surface area contributed by atoms with E-state index in [-0.39, 0.29) is 25.2 Å². The van der Waals surface area contributed by atoms with Gasteiger partial charge in [-0.1, -0.05) is 166 Å². The summed E-state index contributed by atoms with van der Waals surface area (Å²) in [6, 6.07) is 0. The number of ether oxygens (including phenoxy) is 3. The molecule has 0 amide bonds. The summed E-state index contributed by atoms with van der Waals surface area (Å²) in [6.07, 6.45) is 45.4. The zero-order valence-electron chi connectivity index (χ0n) is 31.7. The molecule has 1 atom stereocenters. The van der Waals surface area contributed by atoms with Crippen LogP contribution in [0.3, 0.4) is 0 Å². The van der Waals surface area contributed by atoms with Gasteiger partial charge in [0.2, 0.25) is 0 Å². The molecule has 278 valence electrons. The molecule has 0 aliphatic rings. The smallest absolute Gasteiger partial charge is 0.306 e. The average Bonchev–Trinajstić information content (AvgIpc) is 3.08. The van der Waals surface area contributed by atoms with Crippen LogP contribution in [0.2, 0.25) is 0 Å². The molecule has 0 aromatic heterocycles. The van der Waals surface area contributed by atoms with Crippen LogP contribution < -0.4 is 0 Å². The molecular weight excluding hydrogens is 596 g/mol. The third-order valence-corrected chi connectivity index (χ3v) is 8.38. The number of carbonyl (C=O) groups is 2. The number of esters is 2. The van der Waals surface area contributed by atoms with Crippen LogP contribution in [0.25, 0.3) is 0 Å². The van der Waals surface area contributed by atoms with Crippen molar-refractivity contribution in [2.24, 2.45) is 0 Å². The van der Waals surface area contributed by atoms with Crippen LogP contribution >= 0.6 is 0 Å². The van der Waals surface area contributed by atoms with Gasteiger partial charge in [0.05, 0.1) is 6.61 Å². The molecule has 0 saturated carbocycles. The highest BCUT2D eigenvalue weighted by molar-refractivity contribution is 5.70. The van der Waals surface area contributed by atoms with Crippen molar-refractivity contribution < 1.29 is 23.8 Å². The quantitative estimate of drug-likeness (QED) is 0.0376. The van der Waals surface area contributed by atoms with Crippen molar-refractivity contribution in [1.29, 1.82) is 0 Å². The molecular formula is C43H76O5. The molecule has 0 spiro atoms. The van der Waals surface area contributed by atoms with Gasteiger partial charge in [0, 0.05) is 19.4 Å². The summed E-state index contributed by atoms with van der Waals surface area (Å²) < 4.78 is 17.1. The summed E-state index contributed by atoms with van der Waals surface area (Å²) in [4.78, 5) is 24.9. The maximum atomic E-state index is 12.5. The summed E-state index contributed by atoms with van der Waals surface area (Å²) in [5.41, 5.74) is 0. The Morgan fingerprint density at radius 3 is 1.48 bits per heavy atom. The highest BCUT2D eigenvalue weighted by Crippen LogP contribution is 2.12. The van der Waals surface area contributed by atoms with E-state index in [1.807, 2.05) is 0 Å². The lowest BCUT2D eigenvalue weighted by molar-refractivity contribution is -0.163. The zero-order chi connectivity index (χ0) is 35.0. The zero-order valence-corrected chi connectivity index (χ0v) is 31.7. The first-order chi connectivity index (χ1) is 23.6. The number of allylic oxidation sites excluding steroid dienone is 8. The predicted octanol–water partition coefficient (Wildman–Crippen LogP) is 12.9. The highest BCUT2D eigenvalue weighted by Gasteiger charge is 2.17. The van der Waals surface area contributed by atoms with Gasteiger partial charge in [-0.25, -0.2) is 0 Å². The maximum Gasteiger partial charge on any atom is 0.306 e. The minimum atomic E-state index is -0.543. The van der Waals surface area contributed by atoms with Gasteiger partial charge in [-0.2, -0.15) is 0 Å². The van der Waals surface area contributed by atoms with Gasteiger partial charge in [0.1, 0.15) is 6.61 Å². The molecule has 0 radical (unpaired) electrons. The van der Waals surface area contributed by atoms with E-state index in [1.54, 1.807) is 0 Å². The summed E-state index contributed by atoms with van der Waals surface area (Å²) in [6.45, 7) is 7.58. The Kier molecular flexibility index (Phi) is 37.5. The minimum absolute atomic E-state index is 0.0743. The summed E-state index contributed by atoms with van der Waals surface area (Å²) >= 11 is 0. The maximum absolute atomic E-state index is 12.5. The van der Waals surface area contributed by atoms with Crippen molar-refractivity contribution in [3.63, 3.8) is 0 Å². The Labute approximate surface area is 297 Å². The van der Waals surface area contributed by atoms with Crippen molar-refractivity contribution in [3.8, 4) is 0 Å². The van der Waals surface area contributed by atoms with Crippen LogP contribution in [0, 0.1) is 0 Å². The van der Waals surface area contributed by atoms with E-state index in [9.17, 15) is 9.59 Å². The van der Waals surface area contributed by atoms with Crippen molar-refractivity contribution in [2.75, 3.05) is 19.8 Å². The summed E-state index contributed by atoms with van der Waals surface area (Å²) in [5, 5.41) is 0. The van der Waals surface area contributed by atoms with Crippen molar-refractivity contribution >= 4 is 11.9 Å². The van der Waals surface area contributed by atoms with Gasteiger partial charge in [-0.05, 0) is 57.8 Å². The molecule has 0 saturated heterocycles. The topological polar surface area (TPSA) is 61.8 Å². The molecule has 0 rings (SSSR count). The molecule has 0 aromatic carbocycles. The number of hydrogen-bond donors (Lipinski definition) is 0. The van der Waals surface area contributed by atoms with Crippen molar-refractivity contribution in [2.45, 2.75) is 194 Å². The molecule has 0 fully saturated rings. The van der Waals surface area contributed by atoms with E-state index < -0.39 is 6.10 Å². The molecule has 0 heterocycles. The molecule has 0 aliphatic heterocycles. The third-order valence-electron chi connectivity index (χ3n) is 8.38. The lowest BCUT2D eigenvalue weighted by Crippen LogP contribution is -2.30. The minimum Gasteiger partial charge on any atom is -0.462 e. The Balaban J connectivity index is 4.23. The highest BCUT2D eigenvalue weighted by atomic mass is 16.6. The first-order valence-corrected chi connectivity index (χ1v) is 20.2. The van der Waals surface area contributed by atoms with Gasteiger partial charge in [0.15, 0.2) is 6.10 Å². The van der Waals surface area contributed by atoms with Crippen LogP contribution in [0.5, 0.6) is 0 Å². The van der Waals surface area contributed by atoms with Crippen molar-refractivity contribution in [1.82, 2.24) is 0 Å². The van der Waals surface area contributed by atoms with Gasteiger partial charge in [-0.3, -0.25) is 9.59 Å². The van der Waals surface area contributed by atoms with E-state index in [4.69, 9.17) is 14.2 Å². The molecule has 0 N–H and O–H groups in total. The normalized spacial score (nSPS) is 12.6. The molecule has 0 bridgehead atoms. The molecule has 5 nitrogen and oxygen atoms in total. The van der Waals surface area contributed by atoms with E-state index in [0.29, 0.717) is 19.4 Å². The molecule has 48 heavy (non-hydrogen) atoms. The number of carbonyl (C=O) groups excluding carboxylic acids is 2. The number of hydrogen-bond acceptors (Lipinski definition) is 5. The summed E-state index contributed by atoms with van der Waals surface area (Å²) in [7, 11) is 0. The first-order valence-electron chi connectivity index (χ1n) is 20.2. The lowest BCUT2D eigenvalue weighted by atomic mass is 10.1. The second-order valence-electron chi connectivity index (χ2n) is 13.2. The van der Waals surface area contributed by atoms with Crippen LogP contribution in [-0.4, -0.2) is 37.9 Å². The standard InChI is InChI=1S/C43H76O5/c1-4-7-10-13-16-18-19-20-21-22-23-24-26-29-32-35-38-46-39-41(48-43(45)37-34-31-27-15-12-9-6-3)40-47-42(44)36-33-30-28-25-17-14-11-8-5-2/h7,10,16,18,20-21,23-24,41H,4-6,8-9,11-15,17,19,22,25-40H2,1-3H3/b10-7-,18-16-,21-20-,24-23-. The van der Waals surface area contributed by atoms with Gasteiger partial charge in [-0.15, -0.1) is 0 Å². The van der Waals surface area contributed by atoms with Crippen LogP contribution in [0.15, 0.2) is 48.6 Å². The molecule has 5 heteroatoms. The second-order valence-corrected chi connectivity index (χ2v) is 13.2. The SMILES string of the molecule is CC/C=C\C/C=C\C/C=C\C/C=C\CCCCCOCC(COC(=O)CCCCCCCCCCC)OC(=O)CCCCCCCCC. The lowest BCUT2D eigenvalue weighted by Gasteiger charge is -2.18. The van der Waals surface area contributed by atoms with Crippen LogP contribution in [0.1, 0.15) is 188 Å². The second kappa shape index (κ2) is 39.3. The van der Waals surface area contributed by atoms with E-state index >= 15 is 0 Å². The number of unbranched alkanes of at least 4 members (excludes halogenated alkanes) is 17. The Bertz CT molecular complexity index is 812. The van der Waals surface area contributed by atoms with Crippen molar-refractivity contribution in [3.05, 3.63) is 48.6 Å². The monoisotopic (exact) mass is 673 g/mol. The Morgan fingerprint density at radius 2 is 0.938 bits per heavy atom. The van der Waals surface area contributed by atoms with E-state index in [2.05, 4.69) is 69.4 Å². The van der Waals surface area contributed by atoms with E-state index in [0.717, 1.165) is 77.0 Å². The van der Waals surface area contributed by atoms with Gasteiger partial charge < -0.3 is 14.2 Å². The number of rotatable bonds is 36. The fourth-order valence-electron chi connectivity index (χ4n) is 5.38. The fraction of sp³-hybridized carbons (Fsp3) is 0.767. The van der Waals surface area contributed by atoms with Gasteiger partial charge >= 0.3 is 11.9 Å². The largest absolute Gasteiger partial charge is 0.462 e. The molecule has 0 aliphatic carbocycles. The van der Waals surface area contributed by atoms with Crippen LogP contribution in [0.4, 0.5) is 0 Å². The Hall–Kier alpha value is -2.14. The van der Waals surface area contributed by atoms with Crippen LogP contribution in [-0.2, 0) is 23.8 Å². The Morgan fingerprint density at radius 1 is 0.479 bits per heavy atom.